The number of pyridine rings is 1. The Hall–Kier alpha value is -1.85. The van der Waals surface area contributed by atoms with E-state index in [-0.39, 0.29) is 19.1 Å². The molecule has 0 radical (unpaired) electrons. The molecule has 2 aromatic rings. The van der Waals surface area contributed by atoms with Crippen LogP contribution in [0.2, 0.25) is 0 Å². The first kappa shape index (κ1) is 13.1. The molecule has 2 N–H and O–H groups in total. The third-order valence-electron chi connectivity index (χ3n) is 4.15. The molecular weight excluding hydrogens is 256 g/mol. The van der Waals surface area contributed by atoms with Crippen LogP contribution in [0.5, 0.6) is 0 Å². The average Bonchev–Trinajstić information content (AvgIpc) is 3.11. The lowest BCUT2D eigenvalue weighted by Crippen LogP contribution is -2.36. The van der Waals surface area contributed by atoms with E-state index in [0.29, 0.717) is 25.1 Å². The van der Waals surface area contributed by atoms with Gasteiger partial charge in [-0.25, -0.2) is 0 Å². The van der Waals surface area contributed by atoms with Crippen LogP contribution in [0.1, 0.15) is 16.8 Å². The highest BCUT2D eigenvalue weighted by atomic mass is 16.3. The number of hydrogen-bond acceptors (Lipinski definition) is 3. The van der Waals surface area contributed by atoms with Gasteiger partial charge in [-0.1, -0.05) is 6.07 Å². The number of nitrogens with zero attached hydrogens (tertiary/aromatic N) is 2. The zero-order valence-electron chi connectivity index (χ0n) is 11.2. The fraction of sp³-hybridized carbons (Fsp3) is 0.400. The maximum absolute atomic E-state index is 12.5. The lowest BCUT2D eigenvalue weighted by molar-refractivity contribution is 0.0548. The summed E-state index contributed by atoms with van der Waals surface area (Å²) in [5, 5.41) is 18.8. The third kappa shape index (κ3) is 2.09. The van der Waals surface area contributed by atoms with Crippen LogP contribution in [-0.2, 0) is 0 Å². The summed E-state index contributed by atoms with van der Waals surface area (Å²) in [6.07, 6.45) is 4.36. The summed E-state index contributed by atoms with van der Waals surface area (Å²) >= 11 is 0. The van der Waals surface area contributed by atoms with E-state index in [1.807, 2.05) is 41.1 Å². The summed E-state index contributed by atoms with van der Waals surface area (Å²) in [5.74, 6) is -0.0440. The smallest absolute Gasteiger partial charge is 0.255 e. The Morgan fingerprint density at radius 2 is 2.10 bits per heavy atom. The first-order valence-electron chi connectivity index (χ1n) is 6.75. The van der Waals surface area contributed by atoms with Gasteiger partial charge in [0.05, 0.1) is 18.8 Å². The Balaban J connectivity index is 1.83. The molecule has 0 saturated carbocycles. The largest absolute Gasteiger partial charge is 0.396 e. The number of hydrogen-bond donors (Lipinski definition) is 2. The number of fused-ring (bicyclic) bond motifs is 1. The number of amides is 1. The fourth-order valence-electron chi connectivity index (χ4n) is 2.77. The molecule has 0 spiro atoms. The third-order valence-corrected chi connectivity index (χ3v) is 4.15. The molecule has 3 rings (SSSR count). The minimum atomic E-state index is -0.547. The molecule has 106 valence electrons. The predicted molar refractivity (Wildman–Crippen MR) is 74.5 cm³/mol. The Labute approximate surface area is 117 Å². The highest BCUT2D eigenvalue weighted by Crippen LogP contribution is 2.30. The second-order valence-corrected chi connectivity index (χ2v) is 5.55. The molecule has 1 aliphatic rings. The van der Waals surface area contributed by atoms with Gasteiger partial charge < -0.3 is 19.5 Å². The van der Waals surface area contributed by atoms with Gasteiger partial charge in [0.1, 0.15) is 0 Å². The van der Waals surface area contributed by atoms with E-state index in [0.717, 1.165) is 5.52 Å². The zero-order valence-corrected chi connectivity index (χ0v) is 11.2. The normalized spacial score (nSPS) is 17.8. The number of rotatable bonds is 3. The highest BCUT2D eigenvalue weighted by Gasteiger charge is 2.39. The first-order chi connectivity index (χ1) is 9.67. The molecule has 0 aliphatic carbocycles. The van der Waals surface area contributed by atoms with Crippen LogP contribution in [0.4, 0.5) is 0 Å². The Morgan fingerprint density at radius 1 is 1.30 bits per heavy atom. The summed E-state index contributed by atoms with van der Waals surface area (Å²) in [7, 11) is 0. The van der Waals surface area contributed by atoms with Crippen molar-refractivity contribution < 1.29 is 15.0 Å². The summed E-state index contributed by atoms with van der Waals surface area (Å²) in [5.41, 5.74) is 1.07. The minimum Gasteiger partial charge on any atom is -0.396 e. The van der Waals surface area contributed by atoms with Crippen LogP contribution in [0.15, 0.2) is 36.7 Å². The number of likely N-dealkylation sites (tertiary alicyclic amines) is 1. The van der Waals surface area contributed by atoms with E-state index in [9.17, 15) is 15.0 Å². The van der Waals surface area contributed by atoms with Crippen molar-refractivity contribution in [3.63, 3.8) is 0 Å². The van der Waals surface area contributed by atoms with Gasteiger partial charge in [0, 0.05) is 36.4 Å². The summed E-state index contributed by atoms with van der Waals surface area (Å²) in [4.78, 5) is 14.2. The highest BCUT2D eigenvalue weighted by molar-refractivity contribution is 5.95. The van der Waals surface area contributed by atoms with Crippen LogP contribution < -0.4 is 0 Å². The molecule has 1 saturated heterocycles. The van der Waals surface area contributed by atoms with Crippen molar-refractivity contribution in [2.75, 3.05) is 26.3 Å². The molecule has 2 aromatic heterocycles. The molecule has 5 nitrogen and oxygen atoms in total. The molecular formula is C15H18N2O3. The van der Waals surface area contributed by atoms with Crippen molar-refractivity contribution in [2.24, 2.45) is 5.41 Å². The quantitative estimate of drug-likeness (QED) is 0.868. The number of aliphatic hydroxyl groups excluding tert-OH is 2. The number of aromatic nitrogens is 1. The van der Waals surface area contributed by atoms with Gasteiger partial charge >= 0.3 is 0 Å². The Morgan fingerprint density at radius 3 is 2.75 bits per heavy atom. The molecule has 1 aliphatic heterocycles. The average molecular weight is 274 g/mol. The Kier molecular flexibility index (Phi) is 3.23. The second kappa shape index (κ2) is 4.92. The molecule has 5 heteroatoms. The topological polar surface area (TPSA) is 65.2 Å². The maximum Gasteiger partial charge on any atom is 0.255 e. The summed E-state index contributed by atoms with van der Waals surface area (Å²) < 4.78 is 1.91. The maximum atomic E-state index is 12.5. The van der Waals surface area contributed by atoms with Gasteiger partial charge in [0.25, 0.3) is 5.91 Å². The molecule has 0 unspecified atom stereocenters. The monoisotopic (exact) mass is 274 g/mol. The van der Waals surface area contributed by atoms with Crippen LogP contribution >= 0.6 is 0 Å². The first-order valence-corrected chi connectivity index (χ1v) is 6.75. The number of carbonyl (C=O) groups is 1. The predicted octanol–water partition coefficient (Wildman–Crippen LogP) is 0.756. The lowest BCUT2D eigenvalue weighted by atomic mass is 9.89. The van der Waals surface area contributed by atoms with Crippen molar-refractivity contribution in [3.8, 4) is 0 Å². The molecule has 1 fully saturated rings. The summed E-state index contributed by atoms with van der Waals surface area (Å²) in [6, 6.07) is 7.66. The van der Waals surface area contributed by atoms with E-state index in [4.69, 9.17) is 0 Å². The van der Waals surface area contributed by atoms with Crippen LogP contribution in [0.25, 0.3) is 5.52 Å². The molecule has 20 heavy (non-hydrogen) atoms. The van der Waals surface area contributed by atoms with Crippen LogP contribution in [0.3, 0.4) is 0 Å². The Bertz CT molecular complexity index is 598. The fourth-order valence-corrected chi connectivity index (χ4v) is 2.77. The zero-order chi connectivity index (χ0) is 14.2. The molecule has 3 heterocycles. The number of aliphatic hydroxyl groups is 2. The van der Waals surface area contributed by atoms with Gasteiger partial charge in [0.15, 0.2) is 0 Å². The van der Waals surface area contributed by atoms with Gasteiger partial charge in [-0.15, -0.1) is 0 Å². The lowest BCUT2D eigenvalue weighted by Gasteiger charge is -2.24. The van der Waals surface area contributed by atoms with Crippen molar-refractivity contribution in [1.29, 1.82) is 0 Å². The molecule has 0 aromatic carbocycles. The minimum absolute atomic E-state index is 0.0440. The standard InChI is InChI=1S/C15H18N2O3/c18-10-15(11-19)4-6-17(9-15)14(20)12-7-13-3-1-2-5-16(13)8-12/h1-3,5,7-8,18-19H,4,6,9-11H2. The van der Waals surface area contributed by atoms with Gasteiger partial charge in [-0.2, -0.15) is 0 Å². The van der Waals surface area contributed by atoms with Crippen molar-refractivity contribution >= 4 is 11.4 Å². The second-order valence-electron chi connectivity index (χ2n) is 5.55. The van der Waals surface area contributed by atoms with E-state index < -0.39 is 5.41 Å². The molecule has 0 bridgehead atoms. The van der Waals surface area contributed by atoms with E-state index >= 15 is 0 Å². The molecule has 1 amide bonds. The van der Waals surface area contributed by atoms with Gasteiger partial charge in [0.2, 0.25) is 0 Å². The van der Waals surface area contributed by atoms with Crippen molar-refractivity contribution in [2.45, 2.75) is 6.42 Å². The van der Waals surface area contributed by atoms with Gasteiger partial charge in [-0.05, 0) is 24.6 Å². The number of carbonyl (C=O) groups excluding carboxylic acids is 1. The van der Waals surface area contributed by atoms with E-state index in [1.165, 1.54) is 0 Å². The van der Waals surface area contributed by atoms with E-state index in [2.05, 4.69) is 0 Å². The van der Waals surface area contributed by atoms with Gasteiger partial charge in [-0.3, -0.25) is 4.79 Å². The van der Waals surface area contributed by atoms with Crippen LogP contribution in [-0.4, -0.2) is 51.7 Å². The summed E-state index contributed by atoms with van der Waals surface area (Å²) in [6.45, 7) is 0.799. The van der Waals surface area contributed by atoms with Crippen molar-refractivity contribution in [3.05, 3.63) is 42.2 Å². The van der Waals surface area contributed by atoms with E-state index in [1.54, 1.807) is 4.90 Å². The SMILES string of the molecule is O=C(c1cc2ccccn2c1)N1CCC(CO)(CO)C1. The van der Waals surface area contributed by atoms with Crippen molar-refractivity contribution in [1.82, 2.24) is 9.30 Å². The molecule has 0 atom stereocenters. The van der Waals surface area contributed by atoms with Crippen LogP contribution in [0, 0.1) is 5.41 Å².